The molecule has 3 heterocycles. The molecule has 0 bridgehead atoms. The van der Waals surface area contributed by atoms with Gasteiger partial charge >= 0.3 is 0 Å². The Morgan fingerprint density at radius 2 is 2.15 bits per heavy atom. The van der Waals surface area contributed by atoms with Crippen molar-refractivity contribution in [3.05, 3.63) is 52.5 Å². The number of rotatable bonds is 5. The number of hydrogen-bond donors (Lipinski definition) is 1. The van der Waals surface area contributed by atoms with Crippen LogP contribution in [0, 0.1) is 6.92 Å². The number of hydrogen-bond acceptors (Lipinski definition) is 4. The van der Waals surface area contributed by atoms with Gasteiger partial charge in [-0.15, -0.1) is 11.3 Å². The summed E-state index contributed by atoms with van der Waals surface area (Å²) in [5, 5.41) is 8.98. The lowest BCUT2D eigenvalue weighted by Crippen LogP contribution is -2.40. The van der Waals surface area contributed by atoms with Gasteiger partial charge in [-0.05, 0) is 38.4 Å². The number of aromatic nitrogens is 2. The molecule has 1 amide bonds. The summed E-state index contributed by atoms with van der Waals surface area (Å²) < 4.78 is 2.02. The van der Waals surface area contributed by atoms with Crippen LogP contribution in [0.3, 0.4) is 0 Å². The molecule has 1 unspecified atom stereocenters. The van der Waals surface area contributed by atoms with Crippen LogP contribution in [-0.4, -0.2) is 46.8 Å². The zero-order valence-electron chi connectivity index (χ0n) is 15.2. The zero-order chi connectivity index (χ0) is 18.1. The minimum Gasteiger partial charge on any atom is -0.334 e. The van der Waals surface area contributed by atoms with Gasteiger partial charge < -0.3 is 10.2 Å². The molecule has 1 saturated heterocycles. The normalized spacial score (nSPS) is 17.3. The second-order valence-corrected chi connectivity index (χ2v) is 7.94. The summed E-state index contributed by atoms with van der Waals surface area (Å²) in [6.07, 6.45) is 2.17. The molecule has 4 rings (SSSR count). The smallest absolute Gasteiger partial charge is 0.264 e. The van der Waals surface area contributed by atoms with E-state index >= 15 is 0 Å². The highest BCUT2D eigenvalue weighted by Gasteiger charge is 2.30. The summed E-state index contributed by atoms with van der Waals surface area (Å²) in [6.45, 7) is 4.46. The molecule has 6 heteroatoms. The highest BCUT2D eigenvalue weighted by molar-refractivity contribution is 7.20. The Labute approximate surface area is 157 Å². The average molecular weight is 369 g/mol. The third-order valence-corrected chi connectivity index (χ3v) is 6.21. The van der Waals surface area contributed by atoms with Crippen LogP contribution in [0.4, 0.5) is 0 Å². The molecule has 1 aliphatic heterocycles. The molecule has 26 heavy (non-hydrogen) atoms. The lowest BCUT2D eigenvalue weighted by atomic mass is 10.2. The largest absolute Gasteiger partial charge is 0.334 e. The van der Waals surface area contributed by atoms with E-state index in [2.05, 4.69) is 22.5 Å². The Bertz CT molecular complexity index is 915. The van der Waals surface area contributed by atoms with Crippen molar-refractivity contribution in [2.45, 2.75) is 32.4 Å². The SMILES string of the molecule is CNCC1CCCN1C(=O)c1cc2c(C)nn(Cc3ccccc3)c2s1. The first-order valence-corrected chi connectivity index (χ1v) is 9.95. The van der Waals surface area contributed by atoms with Gasteiger partial charge in [0.25, 0.3) is 5.91 Å². The molecule has 2 aromatic heterocycles. The van der Waals surface area contributed by atoms with E-state index in [9.17, 15) is 4.79 Å². The maximum absolute atomic E-state index is 13.1. The van der Waals surface area contributed by atoms with E-state index in [0.29, 0.717) is 6.04 Å². The molecular weight excluding hydrogens is 344 g/mol. The van der Waals surface area contributed by atoms with Crippen LogP contribution < -0.4 is 5.32 Å². The number of likely N-dealkylation sites (tertiary alicyclic amines) is 1. The molecule has 1 fully saturated rings. The van der Waals surface area contributed by atoms with Crippen molar-refractivity contribution in [3.63, 3.8) is 0 Å². The van der Waals surface area contributed by atoms with Crippen molar-refractivity contribution in [1.82, 2.24) is 20.0 Å². The predicted molar refractivity (Wildman–Crippen MR) is 106 cm³/mol. The highest BCUT2D eigenvalue weighted by atomic mass is 32.1. The maximum Gasteiger partial charge on any atom is 0.264 e. The molecule has 0 aliphatic carbocycles. The number of aryl methyl sites for hydroxylation is 1. The standard InChI is InChI=1S/C20H24N4OS/c1-14-17-11-18(19(25)23-10-6-9-16(23)12-21-2)26-20(17)24(22-14)13-15-7-4-3-5-8-15/h3-5,7-8,11,16,21H,6,9-10,12-13H2,1-2H3. The number of benzene rings is 1. The fourth-order valence-corrected chi connectivity index (χ4v) is 4.89. The third kappa shape index (κ3) is 3.15. The molecule has 0 saturated carbocycles. The van der Waals surface area contributed by atoms with E-state index < -0.39 is 0 Å². The lowest BCUT2D eigenvalue weighted by molar-refractivity contribution is 0.0742. The monoisotopic (exact) mass is 368 g/mol. The van der Waals surface area contributed by atoms with Crippen LogP contribution in [-0.2, 0) is 6.54 Å². The Kier molecular flexibility index (Phi) is 4.78. The topological polar surface area (TPSA) is 50.2 Å². The van der Waals surface area contributed by atoms with Gasteiger partial charge in [0.05, 0.1) is 17.1 Å². The minimum atomic E-state index is 0.162. The van der Waals surface area contributed by atoms with Crippen LogP contribution in [0.25, 0.3) is 10.2 Å². The van der Waals surface area contributed by atoms with E-state index in [-0.39, 0.29) is 5.91 Å². The van der Waals surface area contributed by atoms with Gasteiger partial charge in [-0.2, -0.15) is 5.10 Å². The molecule has 5 nitrogen and oxygen atoms in total. The first-order valence-electron chi connectivity index (χ1n) is 9.14. The van der Waals surface area contributed by atoms with Crippen LogP contribution in [0.2, 0.25) is 0 Å². The molecule has 0 spiro atoms. The first kappa shape index (κ1) is 17.2. The number of amides is 1. The molecule has 1 aliphatic rings. The van der Waals surface area contributed by atoms with Crippen molar-refractivity contribution < 1.29 is 4.79 Å². The van der Waals surface area contributed by atoms with Crippen molar-refractivity contribution >= 4 is 27.5 Å². The number of thiophene rings is 1. The third-order valence-electron chi connectivity index (χ3n) is 5.07. The number of nitrogens with zero attached hydrogens (tertiary/aromatic N) is 3. The second kappa shape index (κ2) is 7.21. The fraction of sp³-hybridized carbons (Fsp3) is 0.400. The van der Waals surface area contributed by atoms with Gasteiger partial charge in [0, 0.05) is 24.5 Å². The Morgan fingerprint density at radius 1 is 1.35 bits per heavy atom. The Morgan fingerprint density at radius 3 is 2.92 bits per heavy atom. The number of fused-ring (bicyclic) bond motifs is 1. The van der Waals surface area contributed by atoms with Crippen molar-refractivity contribution in [2.24, 2.45) is 0 Å². The van der Waals surface area contributed by atoms with E-state index in [1.54, 1.807) is 11.3 Å². The van der Waals surface area contributed by atoms with Crippen molar-refractivity contribution in [3.8, 4) is 0 Å². The Balaban J connectivity index is 1.63. The molecule has 0 radical (unpaired) electrons. The van der Waals surface area contributed by atoms with E-state index in [1.807, 2.05) is 47.8 Å². The van der Waals surface area contributed by atoms with Gasteiger partial charge in [-0.1, -0.05) is 30.3 Å². The van der Waals surface area contributed by atoms with Crippen LogP contribution in [0.5, 0.6) is 0 Å². The van der Waals surface area contributed by atoms with Gasteiger partial charge in [-0.25, -0.2) is 0 Å². The number of likely N-dealkylation sites (N-methyl/N-ethyl adjacent to an activating group) is 1. The van der Waals surface area contributed by atoms with Crippen LogP contribution in [0.15, 0.2) is 36.4 Å². The first-order chi connectivity index (χ1) is 12.7. The second-order valence-electron chi connectivity index (χ2n) is 6.91. The molecule has 3 aromatic rings. The fourth-order valence-electron chi connectivity index (χ4n) is 3.77. The molecule has 136 valence electrons. The molecule has 1 aromatic carbocycles. The highest BCUT2D eigenvalue weighted by Crippen LogP contribution is 2.31. The van der Waals surface area contributed by atoms with Gasteiger partial charge in [-0.3, -0.25) is 9.48 Å². The van der Waals surface area contributed by atoms with E-state index in [1.165, 1.54) is 5.56 Å². The van der Waals surface area contributed by atoms with Crippen LogP contribution >= 0.6 is 11.3 Å². The van der Waals surface area contributed by atoms with E-state index in [4.69, 9.17) is 0 Å². The van der Waals surface area contributed by atoms with E-state index in [0.717, 1.165) is 53.3 Å². The summed E-state index contributed by atoms with van der Waals surface area (Å²) >= 11 is 1.57. The zero-order valence-corrected chi connectivity index (χ0v) is 16.1. The lowest BCUT2D eigenvalue weighted by Gasteiger charge is -2.23. The maximum atomic E-state index is 13.1. The summed E-state index contributed by atoms with van der Waals surface area (Å²) in [7, 11) is 1.95. The van der Waals surface area contributed by atoms with Gasteiger partial charge in [0.2, 0.25) is 0 Å². The number of nitrogens with one attached hydrogen (secondary N) is 1. The Hall–Kier alpha value is -2.18. The number of carbonyl (C=O) groups is 1. The summed E-state index contributed by atoms with van der Waals surface area (Å²) in [5.74, 6) is 0.162. The van der Waals surface area contributed by atoms with Crippen molar-refractivity contribution in [1.29, 1.82) is 0 Å². The predicted octanol–water partition coefficient (Wildman–Crippen LogP) is 3.28. The minimum absolute atomic E-state index is 0.162. The van der Waals surface area contributed by atoms with Crippen molar-refractivity contribution in [2.75, 3.05) is 20.1 Å². The van der Waals surface area contributed by atoms with Gasteiger partial charge in [0.15, 0.2) is 0 Å². The average Bonchev–Trinajstić information content (AvgIpc) is 3.34. The number of carbonyl (C=O) groups excluding carboxylic acids is 1. The summed E-state index contributed by atoms with van der Waals surface area (Å²) in [5.41, 5.74) is 2.20. The molecule has 1 atom stereocenters. The quantitative estimate of drug-likeness (QED) is 0.752. The van der Waals surface area contributed by atoms with Gasteiger partial charge in [0.1, 0.15) is 4.83 Å². The summed E-state index contributed by atoms with van der Waals surface area (Å²) in [4.78, 5) is 17.0. The van der Waals surface area contributed by atoms with Crippen LogP contribution in [0.1, 0.15) is 33.8 Å². The summed E-state index contributed by atoms with van der Waals surface area (Å²) in [6, 6.07) is 12.7. The molecule has 1 N–H and O–H groups in total. The molecular formula is C20H24N4OS.